The fourth-order valence-electron chi connectivity index (χ4n) is 2.35. The van der Waals surface area contributed by atoms with Crippen LogP contribution in [0.1, 0.15) is 52.6 Å². The van der Waals surface area contributed by atoms with Crippen molar-refractivity contribution in [1.82, 2.24) is 4.57 Å². The topological polar surface area (TPSA) is 48.3 Å². The molecule has 0 aromatic carbocycles. The summed E-state index contributed by atoms with van der Waals surface area (Å²) in [4.78, 5) is 23.8. The molecule has 2 rings (SSSR count). The van der Waals surface area contributed by atoms with Crippen molar-refractivity contribution in [2.75, 3.05) is 6.61 Å². The highest BCUT2D eigenvalue weighted by atomic mass is 16.5. The number of Topliss-reactive ketones (excluding diaryl/α,β-unsaturated/α-hetero) is 1. The van der Waals surface area contributed by atoms with Crippen molar-refractivity contribution in [3.63, 3.8) is 0 Å². The molecule has 0 N–H and O–H groups in total. The van der Waals surface area contributed by atoms with E-state index in [-0.39, 0.29) is 11.8 Å². The maximum atomic E-state index is 12.0. The van der Waals surface area contributed by atoms with E-state index in [1.54, 1.807) is 13.1 Å². The number of hydrogen-bond donors (Lipinski definition) is 0. The fourth-order valence-corrected chi connectivity index (χ4v) is 2.35. The van der Waals surface area contributed by atoms with Crippen LogP contribution in [0.4, 0.5) is 0 Å². The zero-order valence-corrected chi connectivity index (χ0v) is 10.3. The molecule has 1 aliphatic rings. The van der Waals surface area contributed by atoms with Gasteiger partial charge in [-0.2, -0.15) is 0 Å². The van der Waals surface area contributed by atoms with Crippen LogP contribution in [-0.2, 0) is 18.2 Å². The maximum Gasteiger partial charge on any atom is 0.340 e. The number of hydrogen-bond acceptors (Lipinski definition) is 3. The lowest BCUT2D eigenvalue weighted by Gasteiger charge is -2.03. The minimum absolute atomic E-state index is 0.0705. The van der Waals surface area contributed by atoms with Gasteiger partial charge in [0.25, 0.3) is 0 Å². The first-order chi connectivity index (χ1) is 8.15. The Balaban J connectivity index is 2.47. The van der Waals surface area contributed by atoms with Crippen LogP contribution in [0.5, 0.6) is 0 Å². The molecule has 0 atom stereocenters. The summed E-state index contributed by atoms with van der Waals surface area (Å²) in [5, 5.41) is 0. The number of fused-ring (bicyclic) bond motifs is 1. The number of esters is 1. The molecule has 92 valence electrons. The van der Waals surface area contributed by atoms with E-state index in [4.69, 9.17) is 4.74 Å². The van der Waals surface area contributed by atoms with Gasteiger partial charge in [0.15, 0.2) is 5.78 Å². The second-order valence-corrected chi connectivity index (χ2v) is 4.33. The lowest BCUT2D eigenvalue weighted by atomic mass is 10.1. The quantitative estimate of drug-likeness (QED) is 0.582. The third kappa shape index (κ3) is 2.12. The largest absolute Gasteiger partial charge is 0.462 e. The van der Waals surface area contributed by atoms with Gasteiger partial charge in [-0.25, -0.2) is 4.79 Å². The van der Waals surface area contributed by atoms with Crippen molar-refractivity contribution in [2.24, 2.45) is 7.05 Å². The summed E-state index contributed by atoms with van der Waals surface area (Å²) in [5.41, 5.74) is 1.98. The van der Waals surface area contributed by atoms with Crippen LogP contribution in [0.2, 0.25) is 0 Å². The zero-order chi connectivity index (χ0) is 12.4. The summed E-state index contributed by atoms with van der Waals surface area (Å²) >= 11 is 0. The number of aryl methyl sites for hydroxylation is 1. The van der Waals surface area contributed by atoms with Gasteiger partial charge in [-0.05, 0) is 26.2 Å². The Bertz CT molecular complexity index is 459. The molecule has 1 heterocycles. The first-order valence-corrected chi connectivity index (χ1v) is 6.03. The van der Waals surface area contributed by atoms with Gasteiger partial charge < -0.3 is 9.30 Å². The van der Waals surface area contributed by atoms with Gasteiger partial charge in [0.2, 0.25) is 0 Å². The van der Waals surface area contributed by atoms with E-state index in [2.05, 4.69) is 0 Å². The smallest absolute Gasteiger partial charge is 0.340 e. The molecule has 0 unspecified atom stereocenters. The Labute approximate surface area is 101 Å². The summed E-state index contributed by atoms with van der Waals surface area (Å²) < 4.78 is 6.87. The average molecular weight is 235 g/mol. The lowest BCUT2D eigenvalue weighted by molar-refractivity contribution is 0.0523. The molecule has 17 heavy (non-hydrogen) atoms. The Morgan fingerprint density at radius 1 is 1.41 bits per heavy atom. The van der Waals surface area contributed by atoms with Gasteiger partial charge >= 0.3 is 5.97 Å². The molecule has 4 nitrogen and oxygen atoms in total. The van der Waals surface area contributed by atoms with E-state index in [0.29, 0.717) is 24.2 Å². The predicted molar refractivity (Wildman–Crippen MR) is 63.3 cm³/mol. The molecule has 1 aromatic heterocycles. The Morgan fingerprint density at radius 2 is 2.12 bits per heavy atom. The van der Waals surface area contributed by atoms with Gasteiger partial charge in [-0.15, -0.1) is 0 Å². The SMILES string of the molecule is CCOC(=O)c1cn(C)c2c1C(=O)CCCC2. The zero-order valence-electron chi connectivity index (χ0n) is 10.3. The molecule has 0 saturated heterocycles. The van der Waals surface area contributed by atoms with Crippen molar-refractivity contribution >= 4 is 11.8 Å². The van der Waals surface area contributed by atoms with E-state index < -0.39 is 0 Å². The highest BCUT2D eigenvalue weighted by Crippen LogP contribution is 2.25. The van der Waals surface area contributed by atoms with Crippen LogP contribution in [0.15, 0.2) is 6.20 Å². The number of ketones is 1. The third-order valence-corrected chi connectivity index (χ3v) is 3.15. The number of ether oxygens (including phenoxy) is 1. The summed E-state index contributed by atoms with van der Waals surface area (Å²) in [7, 11) is 1.88. The summed E-state index contributed by atoms with van der Waals surface area (Å²) in [6, 6.07) is 0. The number of rotatable bonds is 2. The number of carbonyl (C=O) groups excluding carboxylic acids is 2. The second kappa shape index (κ2) is 4.73. The molecular formula is C13H17NO3. The Kier molecular flexibility index (Phi) is 3.31. The molecule has 1 aliphatic carbocycles. The standard InChI is InChI=1S/C13H17NO3/c1-3-17-13(16)9-8-14(2)10-6-4-5-7-11(15)12(9)10/h8H,3-7H2,1-2H3. The van der Waals surface area contributed by atoms with E-state index in [1.165, 1.54) is 0 Å². The monoisotopic (exact) mass is 235 g/mol. The Morgan fingerprint density at radius 3 is 2.82 bits per heavy atom. The molecule has 0 fully saturated rings. The van der Waals surface area contributed by atoms with Crippen molar-refractivity contribution in [2.45, 2.75) is 32.6 Å². The third-order valence-electron chi connectivity index (χ3n) is 3.15. The van der Waals surface area contributed by atoms with Gasteiger partial charge in [0, 0.05) is 25.4 Å². The molecule has 0 bridgehead atoms. The van der Waals surface area contributed by atoms with Gasteiger partial charge in [0.05, 0.1) is 17.7 Å². The fraction of sp³-hybridized carbons (Fsp3) is 0.538. The molecule has 0 saturated carbocycles. The summed E-state index contributed by atoms with van der Waals surface area (Å²) in [5.74, 6) is -0.319. The summed E-state index contributed by atoms with van der Waals surface area (Å²) in [6.07, 6.45) is 5.00. The molecular weight excluding hydrogens is 218 g/mol. The lowest BCUT2D eigenvalue weighted by Crippen LogP contribution is -2.10. The molecule has 0 aliphatic heterocycles. The predicted octanol–water partition coefficient (Wildman–Crippen LogP) is 2.11. The van der Waals surface area contributed by atoms with E-state index in [1.807, 2.05) is 11.6 Å². The van der Waals surface area contributed by atoms with Crippen LogP contribution in [-0.4, -0.2) is 22.9 Å². The Hall–Kier alpha value is -1.58. The van der Waals surface area contributed by atoms with Gasteiger partial charge in [0.1, 0.15) is 0 Å². The van der Waals surface area contributed by atoms with Gasteiger partial charge in [-0.1, -0.05) is 0 Å². The van der Waals surface area contributed by atoms with Crippen LogP contribution < -0.4 is 0 Å². The van der Waals surface area contributed by atoms with Crippen molar-refractivity contribution in [1.29, 1.82) is 0 Å². The first-order valence-electron chi connectivity index (χ1n) is 6.03. The number of carbonyl (C=O) groups is 2. The van der Waals surface area contributed by atoms with Crippen LogP contribution >= 0.6 is 0 Å². The minimum atomic E-state index is -0.389. The molecule has 0 spiro atoms. The van der Waals surface area contributed by atoms with Crippen LogP contribution in [0, 0.1) is 0 Å². The van der Waals surface area contributed by atoms with Crippen molar-refractivity contribution < 1.29 is 14.3 Å². The van der Waals surface area contributed by atoms with Gasteiger partial charge in [-0.3, -0.25) is 4.79 Å². The highest BCUT2D eigenvalue weighted by Gasteiger charge is 2.26. The minimum Gasteiger partial charge on any atom is -0.462 e. The molecule has 0 amide bonds. The first kappa shape index (κ1) is 11.9. The van der Waals surface area contributed by atoms with Crippen LogP contribution in [0.3, 0.4) is 0 Å². The molecule has 0 radical (unpaired) electrons. The van der Waals surface area contributed by atoms with E-state index >= 15 is 0 Å². The summed E-state index contributed by atoms with van der Waals surface area (Å²) in [6.45, 7) is 2.10. The number of nitrogens with zero attached hydrogens (tertiary/aromatic N) is 1. The second-order valence-electron chi connectivity index (χ2n) is 4.33. The molecule has 4 heteroatoms. The van der Waals surface area contributed by atoms with E-state index in [0.717, 1.165) is 25.0 Å². The average Bonchev–Trinajstić information content (AvgIpc) is 2.49. The number of aromatic nitrogens is 1. The van der Waals surface area contributed by atoms with E-state index in [9.17, 15) is 9.59 Å². The van der Waals surface area contributed by atoms with Crippen molar-refractivity contribution in [3.8, 4) is 0 Å². The van der Waals surface area contributed by atoms with Crippen molar-refractivity contribution in [3.05, 3.63) is 23.0 Å². The maximum absolute atomic E-state index is 12.0. The molecule has 1 aromatic rings. The normalized spacial score (nSPS) is 15.3. The highest BCUT2D eigenvalue weighted by molar-refractivity contribution is 6.07. The van der Waals surface area contributed by atoms with Crippen LogP contribution in [0.25, 0.3) is 0 Å².